The lowest BCUT2D eigenvalue weighted by Gasteiger charge is -2.36. The number of amides is 2. The Morgan fingerprint density at radius 2 is 1.82 bits per heavy atom. The van der Waals surface area contributed by atoms with Crippen LogP contribution in [0.5, 0.6) is 0 Å². The number of benzene rings is 2. The SMILES string of the molecule is CC(C)[C@@](C#N)(CCCCC(=O)[N@@+]1(Cc2ccccc2F)CCCC1C(N)=O)c1ccccc1. The first kappa shape index (κ1) is 25.6. The van der Waals surface area contributed by atoms with Crippen LogP contribution in [-0.4, -0.2) is 28.9 Å². The molecule has 1 saturated heterocycles. The number of nitriles is 1. The van der Waals surface area contributed by atoms with Gasteiger partial charge in [0.15, 0.2) is 6.04 Å². The Kier molecular flexibility index (Phi) is 8.22. The van der Waals surface area contributed by atoms with Crippen LogP contribution in [0.2, 0.25) is 0 Å². The van der Waals surface area contributed by atoms with E-state index >= 15 is 0 Å². The molecule has 0 bridgehead atoms. The fraction of sp³-hybridized carbons (Fsp3) is 0.464. The Balaban J connectivity index is 1.74. The number of unbranched alkanes of at least 4 members (excludes halogenated alkanes) is 1. The minimum atomic E-state index is -0.634. The molecule has 1 unspecified atom stereocenters. The summed E-state index contributed by atoms with van der Waals surface area (Å²) in [5.74, 6) is -0.833. The third kappa shape index (κ3) is 5.05. The van der Waals surface area contributed by atoms with E-state index in [1.165, 1.54) is 6.07 Å². The van der Waals surface area contributed by atoms with Crippen molar-refractivity contribution >= 4 is 11.8 Å². The molecule has 2 amide bonds. The number of nitrogens with zero attached hydrogens (tertiary/aromatic N) is 2. The molecule has 1 aliphatic heterocycles. The first-order chi connectivity index (χ1) is 16.3. The number of carbonyl (C=O) groups excluding carboxylic acids is 2. The van der Waals surface area contributed by atoms with E-state index in [1.54, 1.807) is 18.2 Å². The lowest BCUT2D eigenvalue weighted by Crippen LogP contribution is -2.59. The van der Waals surface area contributed by atoms with Crippen LogP contribution >= 0.6 is 0 Å². The van der Waals surface area contributed by atoms with Crippen LogP contribution in [0.3, 0.4) is 0 Å². The molecule has 0 spiro atoms. The van der Waals surface area contributed by atoms with E-state index in [1.807, 2.05) is 30.3 Å². The summed E-state index contributed by atoms with van der Waals surface area (Å²) in [7, 11) is 0. The van der Waals surface area contributed by atoms with Gasteiger partial charge in [0.2, 0.25) is 0 Å². The predicted molar refractivity (Wildman–Crippen MR) is 129 cm³/mol. The van der Waals surface area contributed by atoms with E-state index < -0.39 is 17.4 Å². The third-order valence-electron chi connectivity index (χ3n) is 7.55. The Morgan fingerprint density at radius 3 is 2.44 bits per heavy atom. The second-order valence-corrected chi connectivity index (χ2v) is 9.77. The summed E-state index contributed by atoms with van der Waals surface area (Å²) in [6.07, 6.45) is 3.46. The summed E-state index contributed by atoms with van der Waals surface area (Å²) in [6, 6.07) is 18.1. The van der Waals surface area contributed by atoms with Crippen molar-refractivity contribution in [3.8, 4) is 6.07 Å². The van der Waals surface area contributed by atoms with Gasteiger partial charge in [-0.2, -0.15) is 5.26 Å². The van der Waals surface area contributed by atoms with Gasteiger partial charge in [0, 0.05) is 18.4 Å². The fourth-order valence-corrected chi connectivity index (χ4v) is 5.52. The molecule has 5 nitrogen and oxygen atoms in total. The number of likely N-dealkylation sites (tertiary alicyclic amines) is 1. The van der Waals surface area contributed by atoms with E-state index in [9.17, 15) is 19.2 Å². The number of hydrogen-bond donors (Lipinski definition) is 1. The van der Waals surface area contributed by atoms with Crippen LogP contribution in [0.4, 0.5) is 4.39 Å². The Hall–Kier alpha value is -3.04. The first-order valence-electron chi connectivity index (χ1n) is 12.2. The van der Waals surface area contributed by atoms with Crippen molar-refractivity contribution in [2.45, 2.75) is 70.4 Å². The van der Waals surface area contributed by atoms with Gasteiger partial charge < -0.3 is 5.73 Å². The van der Waals surface area contributed by atoms with Crippen LogP contribution in [-0.2, 0) is 21.5 Å². The largest absolute Gasteiger partial charge is 0.364 e. The van der Waals surface area contributed by atoms with Crippen LogP contribution in [0.15, 0.2) is 54.6 Å². The average molecular weight is 465 g/mol. The van der Waals surface area contributed by atoms with E-state index in [2.05, 4.69) is 19.9 Å². The van der Waals surface area contributed by atoms with Gasteiger partial charge in [-0.3, -0.25) is 4.79 Å². The van der Waals surface area contributed by atoms with Crippen molar-refractivity contribution in [2.75, 3.05) is 6.54 Å². The summed E-state index contributed by atoms with van der Waals surface area (Å²) < 4.78 is 14.3. The maximum Gasteiger partial charge on any atom is 0.314 e. The molecule has 180 valence electrons. The smallest absolute Gasteiger partial charge is 0.314 e. The quantitative estimate of drug-likeness (QED) is 0.397. The van der Waals surface area contributed by atoms with Crippen LogP contribution in [0.25, 0.3) is 0 Å². The summed E-state index contributed by atoms with van der Waals surface area (Å²) in [5, 5.41) is 10.1. The number of carbonyl (C=O) groups is 2. The average Bonchev–Trinajstić information content (AvgIpc) is 3.26. The minimum absolute atomic E-state index is 0.0728. The standard InChI is InChI=1S/C28H34FN3O2/c1-21(2)28(20-30,23-12-4-3-5-13-23)17-9-8-16-26(33)32(18-10-15-25(32)27(31)34)19-22-11-6-7-14-24(22)29/h3-7,11-14,21,25H,8-10,15-19H2,1-2H3,(H-,31,34)/p+1/t25?,28-,32+/m0/s1. The highest BCUT2D eigenvalue weighted by Gasteiger charge is 2.50. The topological polar surface area (TPSA) is 83.9 Å². The molecule has 1 heterocycles. The summed E-state index contributed by atoms with van der Waals surface area (Å²) >= 11 is 0. The van der Waals surface area contributed by atoms with Crippen molar-refractivity contribution in [3.05, 3.63) is 71.5 Å². The third-order valence-corrected chi connectivity index (χ3v) is 7.55. The summed E-state index contributed by atoms with van der Waals surface area (Å²) in [6.45, 7) is 4.73. The molecule has 0 aliphatic carbocycles. The highest BCUT2D eigenvalue weighted by Crippen LogP contribution is 2.38. The Labute approximate surface area is 202 Å². The zero-order valence-corrected chi connectivity index (χ0v) is 20.2. The zero-order valence-electron chi connectivity index (χ0n) is 20.2. The highest BCUT2D eigenvalue weighted by atomic mass is 19.1. The molecule has 1 aliphatic rings. The van der Waals surface area contributed by atoms with Gasteiger partial charge in [0.1, 0.15) is 12.4 Å². The monoisotopic (exact) mass is 464 g/mol. The van der Waals surface area contributed by atoms with Gasteiger partial charge >= 0.3 is 5.91 Å². The zero-order chi connectivity index (χ0) is 24.8. The van der Waals surface area contributed by atoms with Gasteiger partial charge in [-0.05, 0) is 30.4 Å². The van der Waals surface area contributed by atoms with Gasteiger partial charge in [0.05, 0.1) is 24.4 Å². The van der Waals surface area contributed by atoms with Crippen molar-refractivity contribution in [2.24, 2.45) is 11.7 Å². The fourth-order valence-electron chi connectivity index (χ4n) is 5.52. The highest BCUT2D eigenvalue weighted by molar-refractivity contribution is 5.82. The number of nitrogens with two attached hydrogens (primary N) is 1. The molecule has 6 heteroatoms. The van der Waals surface area contributed by atoms with E-state index in [-0.39, 0.29) is 35.1 Å². The minimum Gasteiger partial charge on any atom is -0.364 e. The second kappa shape index (κ2) is 10.9. The van der Waals surface area contributed by atoms with Crippen molar-refractivity contribution in [3.63, 3.8) is 0 Å². The molecular weight excluding hydrogens is 429 g/mol. The van der Waals surface area contributed by atoms with Gasteiger partial charge in [0.25, 0.3) is 5.91 Å². The van der Waals surface area contributed by atoms with Crippen LogP contribution in [0, 0.1) is 23.1 Å². The Morgan fingerprint density at radius 1 is 1.15 bits per heavy atom. The molecule has 3 rings (SSSR count). The number of hydrogen-bond acceptors (Lipinski definition) is 3. The molecule has 2 N–H and O–H groups in total. The maximum atomic E-state index is 14.5. The van der Waals surface area contributed by atoms with E-state index in [0.29, 0.717) is 44.2 Å². The van der Waals surface area contributed by atoms with Gasteiger partial charge in [-0.25, -0.2) is 13.7 Å². The molecule has 2 aromatic rings. The van der Waals surface area contributed by atoms with Crippen molar-refractivity contribution < 1.29 is 18.5 Å². The molecule has 0 radical (unpaired) electrons. The van der Waals surface area contributed by atoms with Crippen LogP contribution in [0.1, 0.15) is 63.5 Å². The maximum absolute atomic E-state index is 14.5. The lowest BCUT2D eigenvalue weighted by molar-refractivity contribution is -0.871. The molecular formula is C28H35FN3O2+. The second-order valence-electron chi connectivity index (χ2n) is 9.77. The van der Waals surface area contributed by atoms with Crippen molar-refractivity contribution in [1.29, 1.82) is 5.26 Å². The molecule has 1 fully saturated rings. The molecule has 3 atom stereocenters. The first-order valence-corrected chi connectivity index (χ1v) is 12.2. The van der Waals surface area contributed by atoms with Gasteiger partial charge in [-0.1, -0.05) is 68.8 Å². The van der Waals surface area contributed by atoms with Crippen LogP contribution < -0.4 is 5.73 Å². The lowest BCUT2D eigenvalue weighted by atomic mass is 9.69. The Bertz CT molecular complexity index is 1050. The number of primary amides is 1. The molecule has 2 aromatic carbocycles. The molecule has 34 heavy (non-hydrogen) atoms. The number of quaternary nitrogens is 1. The van der Waals surface area contributed by atoms with Gasteiger partial charge in [-0.15, -0.1) is 0 Å². The molecule has 0 saturated carbocycles. The number of halogens is 1. The summed E-state index contributed by atoms with van der Waals surface area (Å²) in [4.78, 5) is 25.8. The predicted octanol–water partition coefficient (Wildman–Crippen LogP) is 4.99. The normalized spacial score (nSPS) is 21.7. The number of rotatable bonds is 10. The van der Waals surface area contributed by atoms with Crippen molar-refractivity contribution in [1.82, 2.24) is 0 Å². The van der Waals surface area contributed by atoms with E-state index in [4.69, 9.17) is 5.73 Å². The summed E-state index contributed by atoms with van der Waals surface area (Å²) in [5.41, 5.74) is 6.50. The van der Waals surface area contributed by atoms with E-state index in [0.717, 1.165) is 5.56 Å². The molecule has 0 aromatic heterocycles.